The molecule has 62 valence electrons. The molecule has 1 aliphatic rings. The lowest BCUT2D eigenvalue weighted by molar-refractivity contribution is 0.862. The van der Waals surface area contributed by atoms with Crippen molar-refractivity contribution in [3.05, 3.63) is 35.7 Å². The van der Waals surface area contributed by atoms with Crippen molar-refractivity contribution in [3.63, 3.8) is 0 Å². The Morgan fingerprint density at radius 3 is 2.83 bits per heavy atom. The highest BCUT2D eigenvalue weighted by molar-refractivity contribution is 5.52. The Labute approximate surface area is 72.3 Å². The molecule has 12 heavy (non-hydrogen) atoms. The fourth-order valence-corrected chi connectivity index (χ4v) is 1.40. The lowest BCUT2D eigenvalue weighted by atomic mass is 10.1. The van der Waals surface area contributed by atoms with Crippen LogP contribution in [0.3, 0.4) is 0 Å². The van der Waals surface area contributed by atoms with Gasteiger partial charge in [-0.05, 0) is 30.7 Å². The average molecular weight is 160 g/mol. The van der Waals surface area contributed by atoms with Gasteiger partial charge in [-0.1, -0.05) is 11.6 Å². The van der Waals surface area contributed by atoms with Crippen molar-refractivity contribution in [1.82, 2.24) is 10.3 Å². The van der Waals surface area contributed by atoms with Gasteiger partial charge in [0.1, 0.15) is 0 Å². The average Bonchev–Trinajstić information content (AvgIpc) is 2.59. The molecule has 2 heterocycles. The van der Waals surface area contributed by atoms with Crippen LogP contribution in [0, 0.1) is 0 Å². The van der Waals surface area contributed by atoms with E-state index in [1.54, 1.807) is 0 Å². The molecule has 0 aromatic carbocycles. The Morgan fingerprint density at radius 1 is 1.33 bits per heavy atom. The molecule has 0 saturated carbocycles. The fraction of sp³-hybridized carbons (Fsp3) is 0.300. The van der Waals surface area contributed by atoms with Gasteiger partial charge >= 0.3 is 0 Å². The van der Waals surface area contributed by atoms with E-state index in [-0.39, 0.29) is 0 Å². The van der Waals surface area contributed by atoms with Crippen molar-refractivity contribution in [3.8, 4) is 0 Å². The van der Waals surface area contributed by atoms with Crippen molar-refractivity contribution < 1.29 is 0 Å². The van der Waals surface area contributed by atoms with E-state index in [0.29, 0.717) is 0 Å². The van der Waals surface area contributed by atoms with Gasteiger partial charge in [-0.3, -0.25) is 4.98 Å². The predicted molar refractivity (Wildman–Crippen MR) is 49.7 cm³/mol. The Kier molecular flexibility index (Phi) is 2.19. The molecule has 2 heteroatoms. The number of pyridine rings is 1. The van der Waals surface area contributed by atoms with Crippen molar-refractivity contribution in [1.29, 1.82) is 0 Å². The van der Waals surface area contributed by atoms with E-state index in [1.165, 1.54) is 17.6 Å². The maximum Gasteiger partial charge on any atom is 0.0273 e. The third-order valence-electron chi connectivity index (χ3n) is 2.05. The van der Waals surface area contributed by atoms with Gasteiger partial charge in [0.05, 0.1) is 0 Å². The zero-order valence-corrected chi connectivity index (χ0v) is 6.96. The number of nitrogens with zero attached hydrogens (tertiary/aromatic N) is 1. The van der Waals surface area contributed by atoms with Crippen LogP contribution >= 0.6 is 0 Å². The molecule has 0 spiro atoms. The number of aromatic nitrogens is 1. The van der Waals surface area contributed by atoms with Crippen LogP contribution in [0.25, 0.3) is 6.08 Å². The number of hydrogen-bond donors (Lipinski definition) is 1. The maximum absolute atomic E-state index is 3.98. The van der Waals surface area contributed by atoms with E-state index in [0.717, 1.165) is 13.1 Å². The van der Waals surface area contributed by atoms with Gasteiger partial charge in [0.25, 0.3) is 0 Å². The zero-order chi connectivity index (χ0) is 8.23. The van der Waals surface area contributed by atoms with Crippen LogP contribution in [0.2, 0.25) is 0 Å². The molecule has 0 radical (unpaired) electrons. The molecule has 1 N–H and O–H groups in total. The van der Waals surface area contributed by atoms with E-state index in [2.05, 4.69) is 16.4 Å². The van der Waals surface area contributed by atoms with Crippen LogP contribution in [0.4, 0.5) is 0 Å². The van der Waals surface area contributed by atoms with E-state index in [4.69, 9.17) is 0 Å². The predicted octanol–water partition coefficient (Wildman–Crippen LogP) is 1.46. The standard InChI is InChI=1S/C10H12N2/c1-4-11-5-2-9(1)7-10-3-6-12-8-10/h1-2,4-5,7,12H,3,6,8H2/b10-7-. The molecule has 1 saturated heterocycles. The Bertz CT molecular complexity index is 269. The van der Waals surface area contributed by atoms with E-state index in [9.17, 15) is 0 Å². The summed E-state index contributed by atoms with van der Waals surface area (Å²) in [5.74, 6) is 0. The van der Waals surface area contributed by atoms with Gasteiger partial charge in [0.2, 0.25) is 0 Å². The first kappa shape index (κ1) is 7.50. The number of hydrogen-bond acceptors (Lipinski definition) is 2. The minimum absolute atomic E-state index is 1.04. The lowest BCUT2D eigenvalue weighted by Crippen LogP contribution is -2.04. The minimum atomic E-state index is 1.04. The summed E-state index contributed by atoms with van der Waals surface area (Å²) in [7, 11) is 0. The van der Waals surface area contributed by atoms with Gasteiger partial charge in [0.15, 0.2) is 0 Å². The fourth-order valence-electron chi connectivity index (χ4n) is 1.40. The monoisotopic (exact) mass is 160 g/mol. The zero-order valence-electron chi connectivity index (χ0n) is 6.96. The van der Waals surface area contributed by atoms with Crippen molar-refractivity contribution in [2.75, 3.05) is 13.1 Å². The highest BCUT2D eigenvalue weighted by Gasteiger charge is 2.04. The Balaban J connectivity index is 2.16. The third kappa shape index (κ3) is 1.71. The maximum atomic E-state index is 3.98. The molecule has 0 bridgehead atoms. The summed E-state index contributed by atoms with van der Waals surface area (Å²) in [4.78, 5) is 3.98. The Hall–Kier alpha value is -1.15. The van der Waals surface area contributed by atoms with Gasteiger partial charge < -0.3 is 5.32 Å². The van der Waals surface area contributed by atoms with Crippen LogP contribution < -0.4 is 5.32 Å². The largest absolute Gasteiger partial charge is 0.313 e. The molecule has 1 aliphatic heterocycles. The molecular weight excluding hydrogens is 148 g/mol. The molecular formula is C10H12N2. The summed E-state index contributed by atoms with van der Waals surface area (Å²) in [6, 6.07) is 4.07. The number of rotatable bonds is 1. The second-order valence-electron chi connectivity index (χ2n) is 3.01. The second kappa shape index (κ2) is 3.50. The molecule has 2 rings (SSSR count). The van der Waals surface area contributed by atoms with Gasteiger partial charge in [-0.2, -0.15) is 0 Å². The van der Waals surface area contributed by atoms with Crippen LogP contribution in [-0.2, 0) is 0 Å². The van der Waals surface area contributed by atoms with E-state index >= 15 is 0 Å². The van der Waals surface area contributed by atoms with E-state index < -0.39 is 0 Å². The summed E-state index contributed by atoms with van der Waals surface area (Å²) < 4.78 is 0. The Morgan fingerprint density at radius 2 is 2.17 bits per heavy atom. The molecule has 2 nitrogen and oxygen atoms in total. The SMILES string of the molecule is C(=C1\CCNC1)/c1ccncc1. The lowest BCUT2D eigenvalue weighted by Gasteiger charge is -1.94. The highest BCUT2D eigenvalue weighted by atomic mass is 14.9. The summed E-state index contributed by atoms with van der Waals surface area (Å²) in [6.07, 6.45) is 7.08. The summed E-state index contributed by atoms with van der Waals surface area (Å²) in [5, 5.41) is 3.31. The quantitative estimate of drug-likeness (QED) is 0.672. The molecule has 0 unspecified atom stereocenters. The smallest absolute Gasteiger partial charge is 0.0273 e. The normalized spacial score (nSPS) is 20.2. The molecule has 0 aliphatic carbocycles. The second-order valence-corrected chi connectivity index (χ2v) is 3.01. The third-order valence-corrected chi connectivity index (χ3v) is 2.05. The first-order valence-corrected chi connectivity index (χ1v) is 4.25. The van der Waals surface area contributed by atoms with Gasteiger partial charge in [0, 0.05) is 18.9 Å². The van der Waals surface area contributed by atoms with Crippen LogP contribution in [-0.4, -0.2) is 18.1 Å². The van der Waals surface area contributed by atoms with Gasteiger partial charge in [-0.25, -0.2) is 0 Å². The van der Waals surface area contributed by atoms with Crippen LogP contribution in [0.1, 0.15) is 12.0 Å². The highest BCUT2D eigenvalue weighted by Crippen LogP contribution is 2.11. The first-order chi connectivity index (χ1) is 5.95. The molecule has 1 aromatic heterocycles. The summed E-state index contributed by atoms with van der Waals surface area (Å²) in [5.41, 5.74) is 2.74. The topological polar surface area (TPSA) is 24.9 Å². The minimum Gasteiger partial charge on any atom is -0.313 e. The van der Waals surface area contributed by atoms with Crippen molar-refractivity contribution in [2.45, 2.75) is 6.42 Å². The van der Waals surface area contributed by atoms with Crippen LogP contribution in [0.5, 0.6) is 0 Å². The molecule has 0 amide bonds. The van der Waals surface area contributed by atoms with Crippen LogP contribution in [0.15, 0.2) is 30.1 Å². The molecule has 1 aromatic rings. The van der Waals surface area contributed by atoms with Gasteiger partial charge in [-0.15, -0.1) is 0 Å². The van der Waals surface area contributed by atoms with E-state index in [1.807, 2.05) is 24.5 Å². The summed E-state index contributed by atoms with van der Waals surface area (Å²) >= 11 is 0. The number of nitrogens with one attached hydrogen (secondary N) is 1. The molecule has 0 atom stereocenters. The summed E-state index contributed by atoms with van der Waals surface area (Å²) in [6.45, 7) is 2.17. The first-order valence-electron chi connectivity index (χ1n) is 4.25. The van der Waals surface area contributed by atoms with Crippen molar-refractivity contribution in [2.24, 2.45) is 0 Å². The van der Waals surface area contributed by atoms with Crippen molar-refractivity contribution >= 4 is 6.08 Å². The molecule has 1 fully saturated rings.